The number of aliphatic imine (C=N–C) groups is 1. The van der Waals surface area contributed by atoms with E-state index in [-0.39, 0.29) is 18.2 Å². The van der Waals surface area contributed by atoms with Gasteiger partial charge in [-0.15, -0.1) is 0 Å². The van der Waals surface area contributed by atoms with Gasteiger partial charge in [0.05, 0.1) is 16.9 Å². The number of rotatable bonds is 4. The largest absolute Gasteiger partial charge is 0.478 e. The Morgan fingerprint density at radius 3 is 2.50 bits per heavy atom. The summed E-state index contributed by atoms with van der Waals surface area (Å²) in [6.45, 7) is 2.43. The molecule has 2 aliphatic carbocycles. The standard InChI is InChI=1S/C24H20N2O4/c1-13-6-4-9-17-21(13)26-22-18(30-17)12-16(25-10-5-11-27)19-20(22)24(29)15-8-3-2-7-14(15)23(19)28/h2-4,6-9,12,18,25,27H,5,10-11H2,1H3. The monoisotopic (exact) mass is 400 g/mol. The molecule has 6 heteroatoms. The minimum absolute atomic E-state index is 0.0290. The summed E-state index contributed by atoms with van der Waals surface area (Å²) in [5.41, 5.74) is 4.03. The molecule has 2 aromatic carbocycles. The Bertz CT molecular complexity index is 1190. The van der Waals surface area contributed by atoms with Crippen molar-refractivity contribution in [3.63, 3.8) is 0 Å². The maximum Gasteiger partial charge on any atom is 0.196 e. The van der Waals surface area contributed by atoms with E-state index in [9.17, 15) is 9.59 Å². The van der Waals surface area contributed by atoms with Crippen molar-refractivity contribution in [1.29, 1.82) is 0 Å². The molecule has 0 saturated carbocycles. The van der Waals surface area contributed by atoms with Crippen molar-refractivity contribution >= 4 is 23.0 Å². The molecular formula is C24H20N2O4. The van der Waals surface area contributed by atoms with Crippen LogP contribution in [0.3, 0.4) is 0 Å². The zero-order chi connectivity index (χ0) is 20.8. The van der Waals surface area contributed by atoms with E-state index in [1.54, 1.807) is 30.3 Å². The highest BCUT2D eigenvalue weighted by molar-refractivity contribution is 6.40. The quantitative estimate of drug-likeness (QED) is 0.770. The van der Waals surface area contributed by atoms with Gasteiger partial charge in [-0.1, -0.05) is 36.4 Å². The molecule has 2 N–H and O–H groups in total. The van der Waals surface area contributed by atoms with E-state index in [4.69, 9.17) is 14.8 Å². The van der Waals surface area contributed by atoms with E-state index >= 15 is 0 Å². The first-order valence-electron chi connectivity index (χ1n) is 9.95. The van der Waals surface area contributed by atoms with Crippen molar-refractivity contribution < 1.29 is 19.4 Å². The van der Waals surface area contributed by atoms with Crippen molar-refractivity contribution in [1.82, 2.24) is 5.32 Å². The number of aliphatic hydroxyl groups excluding tert-OH is 1. The Labute approximate surface area is 173 Å². The van der Waals surface area contributed by atoms with Gasteiger partial charge in [0.25, 0.3) is 0 Å². The van der Waals surface area contributed by atoms with E-state index < -0.39 is 6.10 Å². The van der Waals surface area contributed by atoms with Crippen LogP contribution in [-0.2, 0) is 0 Å². The van der Waals surface area contributed by atoms with E-state index in [1.807, 2.05) is 25.1 Å². The molecule has 1 aliphatic heterocycles. The number of ketones is 2. The smallest absolute Gasteiger partial charge is 0.196 e. The van der Waals surface area contributed by atoms with Crippen LogP contribution in [0.4, 0.5) is 5.69 Å². The van der Waals surface area contributed by atoms with Crippen LogP contribution in [0.1, 0.15) is 32.7 Å². The van der Waals surface area contributed by atoms with Crippen LogP contribution in [0.15, 0.2) is 70.4 Å². The molecule has 1 atom stereocenters. The van der Waals surface area contributed by atoms with Gasteiger partial charge >= 0.3 is 0 Å². The Balaban J connectivity index is 1.71. The van der Waals surface area contributed by atoms with Crippen LogP contribution in [0.2, 0.25) is 0 Å². The summed E-state index contributed by atoms with van der Waals surface area (Å²) in [4.78, 5) is 31.7. The third-order valence-electron chi connectivity index (χ3n) is 5.57. The fraction of sp³-hybridized carbons (Fsp3) is 0.208. The van der Waals surface area contributed by atoms with Crippen LogP contribution >= 0.6 is 0 Å². The molecule has 0 bridgehead atoms. The molecule has 0 saturated heterocycles. The topological polar surface area (TPSA) is 88.0 Å². The number of nitrogens with zero attached hydrogens (tertiary/aromatic N) is 1. The molecule has 6 nitrogen and oxygen atoms in total. The minimum atomic E-state index is -0.573. The number of hydrogen-bond acceptors (Lipinski definition) is 6. The Morgan fingerprint density at radius 2 is 1.77 bits per heavy atom. The van der Waals surface area contributed by atoms with Crippen LogP contribution in [0, 0.1) is 6.92 Å². The third kappa shape index (κ3) is 2.72. The number of benzene rings is 2. The lowest BCUT2D eigenvalue weighted by atomic mass is 9.76. The van der Waals surface area contributed by atoms with Crippen molar-refractivity contribution in [3.05, 3.63) is 82.1 Å². The van der Waals surface area contributed by atoms with Gasteiger partial charge in [0, 0.05) is 30.0 Å². The van der Waals surface area contributed by atoms with E-state index in [0.29, 0.717) is 58.1 Å². The molecule has 150 valence electrons. The number of aryl methyl sites for hydroxylation is 1. The number of carbonyl (C=O) groups excluding carboxylic acids is 2. The molecule has 1 heterocycles. The Hall–Kier alpha value is -3.51. The first kappa shape index (κ1) is 18.5. The third-order valence-corrected chi connectivity index (χ3v) is 5.57. The number of allylic oxidation sites excluding steroid dienone is 1. The predicted molar refractivity (Wildman–Crippen MR) is 113 cm³/mol. The van der Waals surface area contributed by atoms with Crippen LogP contribution < -0.4 is 10.1 Å². The van der Waals surface area contributed by atoms with Crippen LogP contribution in [0.5, 0.6) is 5.75 Å². The summed E-state index contributed by atoms with van der Waals surface area (Å²) in [5, 5.41) is 12.3. The molecule has 0 fully saturated rings. The lowest BCUT2D eigenvalue weighted by Gasteiger charge is -2.33. The Morgan fingerprint density at radius 1 is 1.03 bits per heavy atom. The maximum atomic E-state index is 13.5. The number of aliphatic hydroxyl groups is 1. The van der Waals surface area contributed by atoms with E-state index in [0.717, 1.165) is 5.56 Å². The zero-order valence-corrected chi connectivity index (χ0v) is 16.4. The lowest BCUT2D eigenvalue weighted by molar-refractivity contribution is 0.0978. The summed E-state index contributed by atoms with van der Waals surface area (Å²) in [5.74, 6) is 0.215. The summed E-state index contributed by atoms with van der Waals surface area (Å²) < 4.78 is 6.18. The predicted octanol–water partition coefficient (Wildman–Crippen LogP) is 3.07. The van der Waals surface area contributed by atoms with Crippen LogP contribution in [0.25, 0.3) is 0 Å². The van der Waals surface area contributed by atoms with Crippen molar-refractivity contribution in [2.45, 2.75) is 19.4 Å². The van der Waals surface area contributed by atoms with Crippen molar-refractivity contribution in [3.8, 4) is 5.75 Å². The van der Waals surface area contributed by atoms with E-state index in [1.165, 1.54) is 0 Å². The van der Waals surface area contributed by atoms with Gasteiger partial charge in [0.2, 0.25) is 0 Å². The molecular weight excluding hydrogens is 380 g/mol. The second kappa shape index (κ2) is 7.07. The highest BCUT2D eigenvalue weighted by Crippen LogP contribution is 2.42. The number of fused-ring (bicyclic) bond motifs is 4. The van der Waals surface area contributed by atoms with Gasteiger partial charge < -0.3 is 15.2 Å². The van der Waals surface area contributed by atoms with Gasteiger partial charge in [-0.05, 0) is 31.1 Å². The SMILES string of the molecule is Cc1cccc2c1N=C1C3=C(C(=O)c4ccccc4C3=O)C(NCCCO)=CC1O2. The highest BCUT2D eigenvalue weighted by atomic mass is 16.5. The van der Waals surface area contributed by atoms with Crippen molar-refractivity contribution in [2.75, 3.05) is 13.2 Å². The molecule has 30 heavy (non-hydrogen) atoms. The van der Waals surface area contributed by atoms with Gasteiger partial charge in [-0.25, -0.2) is 4.99 Å². The normalized spacial score (nSPS) is 19.1. The van der Waals surface area contributed by atoms with E-state index in [2.05, 4.69) is 5.32 Å². The van der Waals surface area contributed by atoms with Gasteiger partial charge in [0.15, 0.2) is 17.7 Å². The van der Waals surface area contributed by atoms with Gasteiger partial charge in [-0.3, -0.25) is 9.59 Å². The maximum absolute atomic E-state index is 13.5. The summed E-state index contributed by atoms with van der Waals surface area (Å²) >= 11 is 0. The molecule has 0 amide bonds. The number of para-hydroxylation sites is 1. The summed E-state index contributed by atoms with van der Waals surface area (Å²) in [6.07, 6.45) is 1.75. The number of carbonyl (C=O) groups is 2. The van der Waals surface area contributed by atoms with Crippen molar-refractivity contribution in [2.24, 2.45) is 4.99 Å². The molecule has 0 spiro atoms. The average Bonchev–Trinajstić information content (AvgIpc) is 2.76. The molecule has 3 aliphatic rings. The zero-order valence-electron chi connectivity index (χ0n) is 16.4. The summed E-state index contributed by atoms with van der Waals surface area (Å²) in [7, 11) is 0. The molecule has 0 aromatic heterocycles. The molecule has 5 rings (SSSR count). The van der Waals surface area contributed by atoms with Crippen LogP contribution in [-0.4, -0.2) is 41.6 Å². The number of Topliss-reactive ketones (excluding diaryl/α,β-unsaturated/α-hetero) is 2. The highest BCUT2D eigenvalue weighted by Gasteiger charge is 2.43. The molecule has 0 radical (unpaired) electrons. The minimum Gasteiger partial charge on any atom is -0.478 e. The lowest BCUT2D eigenvalue weighted by Crippen LogP contribution is -2.42. The number of ether oxygens (including phenoxy) is 1. The average molecular weight is 400 g/mol. The number of hydrogen-bond donors (Lipinski definition) is 2. The second-order valence-electron chi connectivity index (χ2n) is 7.50. The molecule has 2 aromatic rings. The van der Waals surface area contributed by atoms with Gasteiger partial charge in [0.1, 0.15) is 11.4 Å². The second-order valence-corrected chi connectivity index (χ2v) is 7.50. The van der Waals surface area contributed by atoms with Gasteiger partial charge in [-0.2, -0.15) is 0 Å². The first-order chi connectivity index (χ1) is 14.6. The number of nitrogens with one attached hydrogen (secondary N) is 1. The summed E-state index contributed by atoms with van der Waals surface area (Å²) in [6, 6.07) is 12.5. The fourth-order valence-corrected chi connectivity index (χ4v) is 4.12. The first-order valence-corrected chi connectivity index (χ1v) is 9.95. The fourth-order valence-electron chi connectivity index (χ4n) is 4.12. The Kier molecular flexibility index (Phi) is 4.37. The molecule has 1 unspecified atom stereocenters.